The number of unbranched alkanes of at least 4 members (excludes halogenated alkanes) is 1. The molecule has 1 aromatic carbocycles. The number of nitrogens with one attached hydrogen (secondary N) is 1. The van der Waals surface area contributed by atoms with Gasteiger partial charge in [-0.2, -0.15) is 0 Å². The lowest BCUT2D eigenvalue weighted by Gasteiger charge is -2.06. The Balaban J connectivity index is 1.82. The molecule has 1 amide bonds. The van der Waals surface area contributed by atoms with Crippen LogP contribution >= 0.6 is 11.6 Å². The molecule has 0 saturated heterocycles. The molecular weight excluding hydrogens is 322 g/mol. The summed E-state index contributed by atoms with van der Waals surface area (Å²) in [7, 11) is 0. The van der Waals surface area contributed by atoms with Crippen LogP contribution in [0.4, 0.5) is 5.69 Å². The van der Waals surface area contributed by atoms with Gasteiger partial charge in [-0.1, -0.05) is 43.1 Å². The monoisotopic (exact) mass is 341 g/mol. The van der Waals surface area contributed by atoms with E-state index < -0.39 is 0 Å². The van der Waals surface area contributed by atoms with Crippen molar-refractivity contribution in [2.45, 2.75) is 32.7 Å². The molecule has 0 bridgehead atoms. The van der Waals surface area contributed by atoms with E-state index in [1.165, 1.54) is 11.7 Å². The summed E-state index contributed by atoms with van der Waals surface area (Å²) in [5.41, 5.74) is 2.80. The number of pyridine rings is 1. The van der Waals surface area contributed by atoms with Crippen LogP contribution in [0.2, 0.25) is 5.02 Å². The Kier molecular flexibility index (Phi) is 5.16. The number of nitrogens with zero attached hydrogens (tertiary/aromatic N) is 2. The Labute approximate surface area is 146 Å². The summed E-state index contributed by atoms with van der Waals surface area (Å²) in [6.07, 6.45) is 7.80. The van der Waals surface area contributed by atoms with Gasteiger partial charge in [-0.25, -0.2) is 0 Å². The first-order valence-electron chi connectivity index (χ1n) is 8.15. The van der Waals surface area contributed by atoms with Crippen molar-refractivity contribution in [3.05, 3.63) is 59.5 Å². The smallest absolute Gasteiger partial charge is 0.228 e. The van der Waals surface area contributed by atoms with Crippen LogP contribution < -0.4 is 5.32 Å². The van der Waals surface area contributed by atoms with Crippen LogP contribution in [0.5, 0.6) is 0 Å². The lowest BCUT2D eigenvalue weighted by Crippen LogP contribution is -2.14. The molecule has 2 aromatic heterocycles. The third kappa shape index (κ3) is 3.60. The molecule has 3 rings (SSSR count). The Bertz CT molecular complexity index is 857. The first kappa shape index (κ1) is 16.5. The number of hydrogen-bond donors (Lipinski definition) is 1. The van der Waals surface area contributed by atoms with E-state index >= 15 is 0 Å². The minimum atomic E-state index is -0.0819. The average Bonchev–Trinajstić information content (AvgIpc) is 2.93. The Morgan fingerprint density at radius 1 is 1.29 bits per heavy atom. The molecule has 4 nitrogen and oxygen atoms in total. The highest BCUT2D eigenvalue weighted by Crippen LogP contribution is 2.24. The van der Waals surface area contributed by atoms with Crippen molar-refractivity contribution in [2.24, 2.45) is 0 Å². The van der Waals surface area contributed by atoms with Crippen LogP contribution in [0.25, 0.3) is 10.9 Å². The lowest BCUT2D eigenvalue weighted by atomic mass is 10.1. The predicted octanol–water partition coefficient (Wildman–Crippen LogP) is 4.67. The molecule has 0 spiro atoms. The Morgan fingerprint density at radius 3 is 2.92 bits per heavy atom. The number of aryl methyl sites for hydroxylation is 1. The van der Waals surface area contributed by atoms with Gasteiger partial charge in [0.2, 0.25) is 5.91 Å². The number of aromatic nitrogens is 2. The molecule has 124 valence electrons. The highest BCUT2D eigenvalue weighted by atomic mass is 35.5. The van der Waals surface area contributed by atoms with Crippen molar-refractivity contribution in [3.8, 4) is 0 Å². The number of fused-ring (bicyclic) bond motifs is 1. The SMILES string of the molecule is CCCCn1cc(CC(=O)Nc2ccncc2Cl)c2ccccc21. The largest absolute Gasteiger partial charge is 0.347 e. The lowest BCUT2D eigenvalue weighted by molar-refractivity contribution is -0.115. The minimum Gasteiger partial charge on any atom is -0.347 e. The molecule has 2 heterocycles. The fourth-order valence-corrected chi connectivity index (χ4v) is 2.99. The van der Waals surface area contributed by atoms with Gasteiger partial charge in [0.15, 0.2) is 0 Å². The molecule has 24 heavy (non-hydrogen) atoms. The summed E-state index contributed by atoms with van der Waals surface area (Å²) >= 11 is 6.05. The van der Waals surface area contributed by atoms with Gasteiger partial charge in [0.1, 0.15) is 0 Å². The van der Waals surface area contributed by atoms with E-state index in [2.05, 4.69) is 40.1 Å². The quantitative estimate of drug-likeness (QED) is 0.708. The molecule has 0 saturated carbocycles. The summed E-state index contributed by atoms with van der Waals surface area (Å²) in [6, 6.07) is 9.91. The highest BCUT2D eigenvalue weighted by Gasteiger charge is 2.12. The molecule has 0 aliphatic carbocycles. The zero-order valence-corrected chi connectivity index (χ0v) is 14.4. The minimum absolute atomic E-state index is 0.0819. The number of rotatable bonds is 6. The summed E-state index contributed by atoms with van der Waals surface area (Å²) in [4.78, 5) is 16.3. The van der Waals surface area contributed by atoms with Crippen LogP contribution in [-0.2, 0) is 17.8 Å². The van der Waals surface area contributed by atoms with E-state index in [1.54, 1.807) is 12.3 Å². The van der Waals surface area contributed by atoms with E-state index in [4.69, 9.17) is 11.6 Å². The maximum Gasteiger partial charge on any atom is 0.228 e. The van der Waals surface area contributed by atoms with Gasteiger partial charge in [0.05, 0.1) is 17.1 Å². The standard InChI is InChI=1S/C19H20ClN3O/c1-2-3-10-23-13-14(15-6-4-5-7-18(15)23)11-19(24)22-17-8-9-21-12-16(17)20/h4-9,12-13H,2-3,10-11H2,1H3,(H,21,22,24). The van der Waals surface area contributed by atoms with Crippen molar-refractivity contribution < 1.29 is 4.79 Å². The van der Waals surface area contributed by atoms with Crippen molar-refractivity contribution in [2.75, 3.05) is 5.32 Å². The normalized spacial score (nSPS) is 10.9. The van der Waals surface area contributed by atoms with E-state index in [0.29, 0.717) is 17.1 Å². The number of halogens is 1. The molecule has 3 aromatic rings. The van der Waals surface area contributed by atoms with Crippen LogP contribution in [0.15, 0.2) is 48.9 Å². The maximum atomic E-state index is 12.4. The van der Waals surface area contributed by atoms with Crippen molar-refractivity contribution >= 4 is 34.1 Å². The zero-order chi connectivity index (χ0) is 16.9. The molecule has 0 atom stereocenters. The second-order valence-corrected chi connectivity index (χ2v) is 6.21. The summed E-state index contributed by atoms with van der Waals surface area (Å²) in [5, 5.41) is 4.43. The van der Waals surface area contributed by atoms with Gasteiger partial charge < -0.3 is 9.88 Å². The predicted molar refractivity (Wildman–Crippen MR) is 98.4 cm³/mol. The Hall–Kier alpha value is -2.33. The number of para-hydroxylation sites is 1. The number of benzene rings is 1. The molecule has 0 unspecified atom stereocenters. The second kappa shape index (κ2) is 7.49. The Morgan fingerprint density at radius 2 is 2.12 bits per heavy atom. The first-order valence-corrected chi connectivity index (χ1v) is 8.53. The van der Waals surface area contributed by atoms with Gasteiger partial charge in [0.25, 0.3) is 0 Å². The molecular formula is C19H20ClN3O. The van der Waals surface area contributed by atoms with Crippen molar-refractivity contribution in [1.82, 2.24) is 9.55 Å². The highest BCUT2D eigenvalue weighted by molar-refractivity contribution is 6.33. The summed E-state index contributed by atoms with van der Waals surface area (Å²) < 4.78 is 2.24. The van der Waals surface area contributed by atoms with Crippen LogP contribution in [0.1, 0.15) is 25.3 Å². The molecule has 5 heteroatoms. The molecule has 1 N–H and O–H groups in total. The average molecular weight is 342 g/mol. The van der Waals surface area contributed by atoms with E-state index in [-0.39, 0.29) is 5.91 Å². The zero-order valence-electron chi connectivity index (χ0n) is 13.6. The fourth-order valence-electron chi connectivity index (χ4n) is 2.82. The number of hydrogen-bond acceptors (Lipinski definition) is 2. The van der Waals surface area contributed by atoms with E-state index in [1.807, 2.05) is 12.1 Å². The third-order valence-corrected chi connectivity index (χ3v) is 4.32. The third-order valence-electron chi connectivity index (χ3n) is 4.02. The van der Waals surface area contributed by atoms with Crippen molar-refractivity contribution in [3.63, 3.8) is 0 Å². The van der Waals surface area contributed by atoms with Gasteiger partial charge >= 0.3 is 0 Å². The van der Waals surface area contributed by atoms with Crippen LogP contribution in [0.3, 0.4) is 0 Å². The molecule has 0 radical (unpaired) electrons. The van der Waals surface area contributed by atoms with E-state index in [9.17, 15) is 4.79 Å². The number of amides is 1. The maximum absolute atomic E-state index is 12.4. The second-order valence-electron chi connectivity index (χ2n) is 5.80. The molecule has 0 aliphatic heterocycles. The fraction of sp³-hybridized carbons (Fsp3) is 0.263. The van der Waals surface area contributed by atoms with Crippen molar-refractivity contribution in [1.29, 1.82) is 0 Å². The summed E-state index contributed by atoms with van der Waals surface area (Å²) in [5.74, 6) is -0.0819. The topological polar surface area (TPSA) is 46.9 Å². The van der Waals surface area contributed by atoms with Gasteiger partial charge in [-0.15, -0.1) is 0 Å². The first-order chi connectivity index (χ1) is 11.7. The molecule has 0 aliphatic rings. The van der Waals surface area contributed by atoms with Crippen LogP contribution in [-0.4, -0.2) is 15.5 Å². The summed E-state index contributed by atoms with van der Waals surface area (Å²) in [6.45, 7) is 3.15. The van der Waals surface area contributed by atoms with Gasteiger partial charge in [0, 0.05) is 36.0 Å². The van der Waals surface area contributed by atoms with Crippen LogP contribution in [0, 0.1) is 0 Å². The number of carbonyl (C=O) groups excluding carboxylic acids is 1. The van der Waals surface area contributed by atoms with Gasteiger partial charge in [-0.05, 0) is 24.1 Å². The van der Waals surface area contributed by atoms with Gasteiger partial charge in [-0.3, -0.25) is 9.78 Å². The number of anilines is 1. The number of carbonyl (C=O) groups is 1. The molecule has 0 fully saturated rings. The van der Waals surface area contributed by atoms with E-state index in [0.717, 1.165) is 30.3 Å².